The van der Waals surface area contributed by atoms with Gasteiger partial charge < -0.3 is 15.1 Å². The third-order valence-corrected chi connectivity index (χ3v) is 5.06. The summed E-state index contributed by atoms with van der Waals surface area (Å²) < 4.78 is 6.11. The smallest absolute Gasteiger partial charge is 0.243 e. The summed E-state index contributed by atoms with van der Waals surface area (Å²) in [6.07, 6.45) is 5.53. The van der Waals surface area contributed by atoms with Crippen LogP contribution in [0.3, 0.4) is 0 Å². The monoisotopic (exact) mass is 407 g/mol. The summed E-state index contributed by atoms with van der Waals surface area (Å²) in [5.41, 5.74) is 10.2. The molecule has 0 spiro atoms. The van der Waals surface area contributed by atoms with Gasteiger partial charge >= 0.3 is 0 Å². The highest BCUT2D eigenvalue weighted by Gasteiger charge is 2.20. The summed E-state index contributed by atoms with van der Waals surface area (Å²) >= 11 is 6.45. The SMILES string of the molecule is C/C=C\C=C(/N)c1nc(-c2ccccc2Cl)c(-c2ccc(N(CC)CC)cc2)o1. The Hall–Kier alpha value is -2.98. The fraction of sp³-hybridized carbons (Fsp3) is 0.208. The van der Waals surface area contributed by atoms with Crippen molar-refractivity contribution in [3.05, 3.63) is 77.7 Å². The minimum Gasteiger partial charge on any atom is -0.434 e. The quantitative estimate of drug-likeness (QED) is 0.461. The number of halogens is 1. The number of hydrogen-bond acceptors (Lipinski definition) is 4. The number of allylic oxidation sites excluding steroid dienone is 3. The normalized spacial score (nSPS) is 11.9. The van der Waals surface area contributed by atoms with Gasteiger partial charge in [0.2, 0.25) is 5.89 Å². The van der Waals surface area contributed by atoms with Crippen molar-refractivity contribution in [2.45, 2.75) is 20.8 Å². The van der Waals surface area contributed by atoms with Gasteiger partial charge in [-0.25, -0.2) is 4.98 Å². The van der Waals surface area contributed by atoms with Gasteiger partial charge in [-0.15, -0.1) is 0 Å². The lowest BCUT2D eigenvalue weighted by atomic mass is 10.1. The molecular weight excluding hydrogens is 382 g/mol. The Kier molecular flexibility index (Phi) is 6.78. The van der Waals surface area contributed by atoms with Crippen LogP contribution in [0.4, 0.5) is 5.69 Å². The van der Waals surface area contributed by atoms with Gasteiger partial charge in [0.15, 0.2) is 5.76 Å². The van der Waals surface area contributed by atoms with Crippen molar-refractivity contribution >= 4 is 23.0 Å². The number of oxazole rings is 1. The Bertz CT molecular complexity index is 1010. The lowest BCUT2D eigenvalue weighted by Gasteiger charge is -2.21. The molecule has 0 unspecified atom stereocenters. The highest BCUT2D eigenvalue weighted by Crippen LogP contribution is 2.37. The zero-order valence-corrected chi connectivity index (χ0v) is 17.8. The molecule has 3 rings (SSSR count). The van der Waals surface area contributed by atoms with Crippen LogP contribution in [-0.4, -0.2) is 18.1 Å². The standard InChI is InChI=1S/C24H26ClN3O/c1-4-7-12-21(26)24-27-22(19-10-8-9-11-20(19)25)23(29-24)17-13-15-18(16-14-17)28(5-2)6-3/h4,7-16H,5-6,26H2,1-3H3/b7-4-,21-12-. The average molecular weight is 408 g/mol. The third kappa shape index (κ3) is 4.54. The van der Waals surface area contributed by atoms with Crippen molar-refractivity contribution < 1.29 is 4.42 Å². The van der Waals surface area contributed by atoms with Gasteiger partial charge in [-0.3, -0.25) is 0 Å². The molecule has 3 aromatic rings. The van der Waals surface area contributed by atoms with E-state index in [4.69, 9.17) is 21.8 Å². The Balaban J connectivity index is 2.11. The predicted molar refractivity (Wildman–Crippen MR) is 123 cm³/mol. The number of nitrogens with two attached hydrogens (primary N) is 1. The first-order valence-corrected chi connectivity index (χ1v) is 10.2. The Morgan fingerprint density at radius 1 is 1.10 bits per heavy atom. The van der Waals surface area contributed by atoms with Crippen LogP contribution < -0.4 is 10.6 Å². The number of nitrogens with zero attached hydrogens (tertiary/aromatic N) is 2. The van der Waals surface area contributed by atoms with E-state index < -0.39 is 0 Å². The molecule has 0 aliphatic rings. The van der Waals surface area contributed by atoms with E-state index in [-0.39, 0.29) is 0 Å². The molecule has 0 saturated carbocycles. The lowest BCUT2D eigenvalue weighted by Crippen LogP contribution is -2.21. The fourth-order valence-corrected chi connectivity index (χ4v) is 3.38. The fourth-order valence-electron chi connectivity index (χ4n) is 3.16. The largest absolute Gasteiger partial charge is 0.434 e. The van der Waals surface area contributed by atoms with E-state index in [2.05, 4.69) is 35.9 Å². The van der Waals surface area contributed by atoms with E-state index >= 15 is 0 Å². The molecule has 0 fully saturated rings. The molecule has 2 N–H and O–H groups in total. The van der Waals surface area contributed by atoms with Crippen LogP contribution in [-0.2, 0) is 0 Å². The van der Waals surface area contributed by atoms with Crippen molar-refractivity contribution in [2.24, 2.45) is 5.73 Å². The van der Waals surface area contributed by atoms with E-state index in [9.17, 15) is 0 Å². The van der Waals surface area contributed by atoms with Gasteiger partial charge in [0.1, 0.15) is 5.69 Å². The molecule has 0 aliphatic carbocycles. The van der Waals surface area contributed by atoms with Gasteiger partial charge in [0.05, 0.1) is 10.7 Å². The molecule has 2 aromatic carbocycles. The van der Waals surface area contributed by atoms with Crippen molar-refractivity contribution in [1.29, 1.82) is 0 Å². The van der Waals surface area contributed by atoms with Gasteiger partial charge in [-0.05, 0) is 57.2 Å². The van der Waals surface area contributed by atoms with Crippen molar-refractivity contribution in [3.8, 4) is 22.6 Å². The van der Waals surface area contributed by atoms with Crippen LogP contribution in [0.15, 0.2) is 71.2 Å². The summed E-state index contributed by atoms with van der Waals surface area (Å²) in [5, 5.41) is 0.615. The van der Waals surface area contributed by atoms with Crippen molar-refractivity contribution in [1.82, 2.24) is 4.98 Å². The molecule has 5 heteroatoms. The molecule has 0 amide bonds. The van der Waals surface area contributed by atoms with Crippen molar-refractivity contribution in [2.75, 3.05) is 18.0 Å². The first-order valence-electron chi connectivity index (χ1n) is 9.78. The van der Waals surface area contributed by atoms with Crippen molar-refractivity contribution in [3.63, 3.8) is 0 Å². The van der Waals surface area contributed by atoms with Crippen LogP contribution >= 0.6 is 11.6 Å². The summed E-state index contributed by atoms with van der Waals surface area (Å²) in [4.78, 5) is 6.97. The molecule has 0 saturated heterocycles. The number of hydrogen-bond donors (Lipinski definition) is 1. The molecule has 1 aromatic heterocycles. The molecular formula is C24H26ClN3O. The van der Waals surface area contributed by atoms with Crippen LogP contribution in [0.5, 0.6) is 0 Å². The Morgan fingerprint density at radius 3 is 2.41 bits per heavy atom. The van der Waals surface area contributed by atoms with Crippen LogP contribution in [0, 0.1) is 0 Å². The van der Waals surface area contributed by atoms with Crippen LogP contribution in [0.25, 0.3) is 28.3 Å². The maximum Gasteiger partial charge on any atom is 0.243 e. The van der Waals surface area contributed by atoms with Gasteiger partial charge in [-0.2, -0.15) is 0 Å². The van der Waals surface area contributed by atoms with Gasteiger partial charge in [-0.1, -0.05) is 42.0 Å². The molecule has 29 heavy (non-hydrogen) atoms. The second kappa shape index (κ2) is 9.48. The van der Waals surface area contributed by atoms with E-state index in [1.807, 2.05) is 55.5 Å². The van der Waals surface area contributed by atoms with E-state index in [1.165, 1.54) is 5.69 Å². The second-order valence-electron chi connectivity index (χ2n) is 6.54. The Morgan fingerprint density at radius 2 is 1.79 bits per heavy atom. The topological polar surface area (TPSA) is 55.3 Å². The van der Waals surface area contributed by atoms with E-state index in [0.717, 1.165) is 24.2 Å². The Labute approximate surface area is 177 Å². The predicted octanol–water partition coefficient (Wildman–Crippen LogP) is 6.38. The molecule has 0 atom stereocenters. The number of anilines is 1. The lowest BCUT2D eigenvalue weighted by molar-refractivity contribution is 0.555. The second-order valence-corrected chi connectivity index (χ2v) is 6.95. The summed E-state index contributed by atoms with van der Waals surface area (Å²) in [5.74, 6) is 1.02. The third-order valence-electron chi connectivity index (χ3n) is 4.73. The molecule has 1 heterocycles. The maximum absolute atomic E-state index is 6.45. The number of rotatable bonds is 7. The average Bonchev–Trinajstić information content (AvgIpc) is 3.19. The van der Waals surface area contributed by atoms with E-state index in [1.54, 1.807) is 6.08 Å². The first kappa shape index (κ1) is 20.7. The van der Waals surface area contributed by atoms with Crippen LogP contribution in [0.1, 0.15) is 26.7 Å². The molecule has 0 radical (unpaired) electrons. The summed E-state index contributed by atoms with van der Waals surface area (Å²) in [6, 6.07) is 15.9. The zero-order chi connectivity index (χ0) is 20.8. The maximum atomic E-state index is 6.45. The summed E-state index contributed by atoms with van der Waals surface area (Å²) in [6.45, 7) is 8.14. The zero-order valence-electron chi connectivity index (χ0n) is 17.0. The van der Waals surface area contributed by atoms with Gasteiger partial charge in [0, 0.05) is 29.9 Å². The molecule has 4 nitrogen and oxygen atoms in total. The van der Waals surface area contributed by atoms with Gasteiger partial charge in [0.25, 0.3) is 0 Å². The first-order chi connectivity index (χ1) is 14.1. The molecule has 0 bridgehead atoms. The highest BCUT2D eigenvalue weighted by molar-refractivity contribution is 6.33. The minimum atomic E-state index is 0.376. The summed E-state index contributed by atoms with van der Waals surface area (Å²) in [7, 11) is 0. The van der Waals surface area contributed by atoms with Crippen LogP contribution in [0.2, 0.25) is 5.02 Å². The number of aromatic nitrogens is 1. The van der Waals surface area contributed by atoms with E-state index in [0.29, 0.717) is 28.1 Å². The number of benzene rings is 2. The molecule has 150 valence electrons. The minimum absolute atomic E-state index is 0.376. The molecule has 0 aliphatic heterocycles. The highest BCUT2D eigenvalue weighted by atomic mass is 35.5.